The van der Waals surface area contributed by atoms with Crippen molar-refractivity contribution in [1.82, 2.24) is 34.9 Å². The van der Waals surface area contributed by atoms with Gasteiger partial charge in [-0.1, -0.05) is 179 Å². The minimum absolute atomic E-state index is 0.850. The minimum Gasteiger partial charge on any atom is -0.354 e. The van der Waals surface area contributed by atoms with E-state index in [1.807, 2.05) is 0 Å². The number of benzene rings is 8. The monoisotopic (exact) mass is 1440 g/mol. The van der Waals surface area contributed by atoms with Gasteiger partial charge in [-0.3, -0.25) is 0 Å². The quantitative estimate of drug-likeness (QED) is 0.132. The van der Waals surface area contributed by atoms with Crippen LogP contribution in [0.4, 0.5) is 0 Å². The molecule has 6 aromatic heterocycles. The van der Waals surface area contributed by atoms with Crippen LogP contribution in [0.3, 0.4) is 0 Å². The van der Waals surface area contributed by atoms with Gasteiger partial charge in [0.1, 0.15) is 0 Å². The van der Waals surface area contributed by atoms with Crippen molar-refractivity contribution in [1.29, 1.82) is 0 Å². The fourth-order valence-electron chi connectivity index (χ4n) is 17.1. The second kappa shape index (κ2) is 27.6. The molecular weight excluding hydrogens is 1360 g/mol. The Balaban J connectivity index is 0.786. The number of rotatable bonds is 8. The summed E-state index contributed by atoms with van der Waals surface area (Å²) in [6, 6.07) is 75.2. The molecule has 18 rings (SSSR count). The molecule has 3 N–H and O–H groups in total. The van der Waals surface area contributed by atoms with Gasteiger partial charge in [-0.15, -0.1) is 11.3 Å². The standard InChI is InChI=1S/C102H81N7S/c1-57-13-25-71(26-14-57)95-76-35-36-77(103-76)96(72-27-15-58(2)16-28-72)79-38-42-83(105-79)99(91-50-49-90(110-91)98(82-41-37-78(95)104-82)74-29-17-59(3)18-30-74)75-33-23-70(24-34-75)20-19-69-21-31-73(32-22-69)97-80-39-43-84(106-80)100(92-63(7)51-60(4)52-64(92)8)86-45-47-88(108-86)102(94-67(11)55-62(6)56-68(94)12)89-48-46-87(109-89)101(85-44-40-81(97)107-85)93-65(9)53-61(5)54-66(93)10/h13-18,21-56,103,106,109H,1-12H3. The van der Waals surface area contributed by atoms with Crippen molar-refractivity contribution >= 4 is 102 Å². The molecule has 8 aromatic carbocycles. The predicted molar refractivity (Wildman–Crippen MR) is 468 cm³/mol. The molecule has 0 atom stereocenters. The number of aryl methyl sites for hydroxylation is 12. The number of nitrogens with one attached hydrogen (secondary N) is 3. The number of fused-ring (bicyclic) bond motifs is 16. The molecule has 0 saturated heterocycles. The number of hydrogen-bond acceptors (Lipinski definition) is 5. The summed E-state index contributed by atoms with van der Waals surface area (Å²) in [4.78, 5) is 34.6. The second-order valence-electron chi connectivity index (χ2n) is 30.2. The zero-order valence-corrected chi connectivity index (χ0v) is 64.8. The van der Waals surface area contributed by atoms with Crippen LogP contribution in [0.1, 0.15) is 123 Å². The average Bonchev–Trinajstić information content (AvgIpc) is 1.60. The van der Waals surface area contributed by atoms with Crippen LogP contribution in [-0.2, 0) is 0 Å². The van der Waals surface area contributed by atoms with E-state index in [-0.39, 0.29) is 0 Å². The van der Waals surface area contributed by atoms with Crippen LogP contribution < -0.4 is 0 Å². The van der Waals surface area contributed by atoms with Gasteiger partial charge < -0.3 is 15.0 Å². The van der Waals surface area contributed by atoms with Crippen molar-refractivity contribution in [3.63, 3.8) is 0 Å². The van der Waals surface area contributed by atoms with E-state index in [9.17, 15) is 0 Å². The molecule has 0 aliphatic carbocycles. The Morgan fingerprint density at radius 1 is 0.209 bits per heavy atom. The molecule has 14 aromatic rings. The molecule has 16 bridgehead atoms. The summed E-state index contributed by atoms with van der Waals surface area (Å²) >= 11 is 1.77. The maximum atomic E-state index is 5.73. The maximum absolute atomic E-state index is 5.73. The summed E-state index contributed by atoms with van der Waals surface area (Å²) < 4.78 is 2.21. The Morgan fingerprint density at radius 2 is 0.418 bits per heavy atom. The maximum Gasteiger partial charge on any atom is 0.0737 e. The van der Waals surface area contributed by atoms with Crippen molar-refractivity contribution in [2.45, 2.75) is 83.1 Å². The smallest absolute Gasteiger partial charge is 0.0737 e. The minimum atomic E-state index is 0.850. The first kappa shape index (κ1) is 68.7. The molecule has 7 nitrogen and oxygen atoms in total. The fraction of sp³-hybridized carbons (Fsp3) is 0.118. The van der Waals surface area contributed by atoms with Crippen LogP contribution in [0.25, 0.3) is 180 Å². The lowest BCUT2D eigenvalue weighted by Gasteiger charge is -2.14. The lowest BCUT2D eigenvalue weighted by Crippen LogP contribution is -1.96. The van der Waals surface area contributed by atoms with Gasteiger partial charge in [0.25, 0.3) is 0 Å². The second-order valence-corrected chi connectivity index (χ2v) is 31.3. The van der Waals surface area contributed by atoms with E-state index < -0.39 is 0 Å². The molecule has 10 heterocycles. The molecule has 530 valence electrons. The van der Waals surface area contributed by atoms with Crippen LogP contribution in [0.2, 0.25) is 0 Å². The normalized spacial score (nSPS) is 12.1. The summed E-state index contributed by atoms with van der Waals surface area (Å²) in [5, 5.41) is 0. The molecule has 0 unspecified atom stereocenters. The van der Waals surface area contributed by atoms with E-state index >= 15 is 0 Å². The summed E-state index contributed by atoms with van der Waals surface area (Å²) in [6.45, 7) is 26.3. The number of hydrogen-bond donors (Lipinski definition) is 3. The van der Waals surface area contributed by atoms with Gasteiger partial charge in [-0.25, -0.2) is 19.9 Å². The first-order valence-electron chi connectivity index (χ1n) is 37.8. The number of thiophene rings is 1. The highest BCUT2D eigenvalue weighted by Gasteiger charge is 2.25. The molecule has 0 spiro atoms. The largest absolute Gasteiger partial charge is 0.354 e. The van der Waals surface area contributed by atoms with Gasteiger partial charge in [0.15, 0.2) is 0 Å². The average molecular weight is 1440 g/mol. The first-order valence-corrected chi connectivity index (χ1v) is 38.6. The van der Waals surface area contributed by atoms with Crippen molar-refractivity contribution in [3.8, 4) is 101 Å². The van der Waals surface area contributed by atoms with Crippen LogP contribution in [0, 0.1) is 94.9 Å². The molecule has 4 aliphatic heterocycles. The third-order valence-corrected chi connectivity index (χ3v) is 23.0. The lowest BCUT2D eigenvalue weighted by molar-refractivity contribution is 1.27. The molecule has 0 saturated carbocycles. The van der Waals surface area contributed by atoms with Gasteiger partial charge in [-0.05, 0) is 282 Å². The lowest BCUT2D eigenvalue weighted by atomic mass is 9.92. The number of H-pyrrole nitrogens is 3. The Kier molecular flexibility index (Phi) is 17.3. The highest BCUT2D eigenvalue weighted by Crippen LogP contribution is 2.46. The fourth-order valence-corrected chi connectivity index (χ4v) is 18.2. The highest BCUT2D eigenvalue weighted by molar-refractivity contribution is 7.24. The zero-order chi connectivity index (χ0) is 75.3. The molecular formula is C102H81N7S. The van der Waals surface area contributed by atoms with E-state index in [0.717, 1.165) is 183 Å². The predicted octanol–water partition coefficient (Wildman–Crippen LogP) is 26.8. The summed E-state index contributed by atoms with van der Waals surface area (Å²) in [6.07, 6.45) is 17.5. The van der Waals surface area contributed by atoms with E-state index in [2.05, 4.69) is 365 Å². The van der Waals surface area contributed by atoms with Gasteiger partial charge in [-0.2, -0.15) is 0 Å². The number of nitrogens with zero attached hydrogens (tertiary/aromatic N) is 4. The Morgan fingerprint density at radius 3 is 0.673 bits per heavy atom. The van der Waals surface area contributed by atoms with Gasteiger partial charge in [0.05, 0.1) is 45.6 Å². The highest BCUT2D eigenvalue weighted by atomic mass is 32.1. The van der Waals surface area contributed by atoms with Gasteiger partial charge in [0, 0.05) is 98.1 Å². The third kappa shape index (κ3) is 12.6. The molecule has 4 aliphatic rings. The topological polar surface area (TPSA) is 98.9 Å². The van der Waals surface area contributed by atoms with E-state index in [0.29, 0.717) is 0 Å². The Hall–Kier alpha value is -13.1. The van der Waals surface area contributed by atoms with E-state index in [4.69, 9.17) is 19.9 Å². The van der Waals surface area contributed by atoms with Crippen LogP contribution in [-0.4, -0.2) is 34.9 Å². The van der Waals surface area contributed by atoms with E-state index in [1.165, 1.54) is 72.3 Å². The van der Waals surface area contributed by atoms with Gasteiger partial charge >= 0.3 is 0 Å². The zero-order valence-electron chi connectivity index (χ0n) is 63.9. The Labute approximate surface area is 646 Å². The molecule has 0 radical (unpaired) electrons. The Bertz CT molecular complexity index is 6620. The van der Waals surface area contributed by atoms with Gasteiger partial charge in [0.2, 0.25) is 0 Å². The van der Waals surface area contributed by atoms with E-state index in [1.54, 1.807) is 11.3 Å². The van der Waals surface area contributed by atoms with Crippen molar-refractivity contribution < 1.29 is 0 Å². The number of aromatic nitrogens is 7. The molecule has 8 heteroatoms. The molecule has 110 heavy (non-hydrogen) atoms. The molecule has 0 amide bonds. The van der Waals surface area contributed by atoms with Crippen LogP contribution >= 0.6 is 11.3 Å². The van der Waals surface area contributed by atoms with Crippen LogP contribution in [0.5, 0.6) is 0 Å². The number of aromatic amines is 3. The summed E-state index contributed by atoms with van der Waals surface area (Å²) in [7, 11) is 0. The first-order chi connectivity index (χ1) is 53.4. The third-order valence-electron chi connectivity index (χ3n) is 21.9. The molecule has 0 fully saturated rings. The van der Waals surface area contributed by atoms with Crippen LogP contribution in [0.15, 0.2) is 206 Å². The van der Waals surface area contributed by atoms with Crippen molar-refractivity contribution in [3.05, 3.63) is 330 Å². The SMILES string of the molecule is Cc1ccc(-c2c3nc(c(-c4ccc(C)cc4)c4ccc(s4)c(-c4ccc(C#Cc5ccc(-c6c7nc(c(-c8c(C)cc(C)cc8C)c8ccc([nH]8)c(-c8c(C)cc(C)cc8C)c8nc(c(-c9c(C)cc(C)cc9C)c9ccc6[nH]9)C=C8)C=C7)cc5)cc4)c4nc(c(-c5ccc(C)cc5)c5ccc2[nH]5)C=C4)C=C3)cc1. The van der Waals surface area contributed by atoms with Crippen molar-refractivity contribution in [2.24, 2.45) is 0 Å². The summed E-state index contributed by atoms with van der Waals surface area (Å²) in [5.41, 5.74) is 46.2. The summed E-state index contributed by atoms with van der Waals surface area (Å²) in [5.74, 6) is 7.13. The van der Waals surface area contributed by atoms with Crippen molar-refractivity contribution in [2.75, 3.05) is 0 Å².